The van der Waals surface area contributed by atoms with Gasteiger partial charge in [-0.25, -0.2) is 0 Å². The molecule has 3 nitrogen and oxygen atoms in total. The molecule has 0 radical (unpaired) electrons. The molecule has 0 aromatic heterocycles. The second kappa shape index (κ2) is 7.05. The standard InChI is InChI=1S/C16H30N2O/c1-4-14-5-2-11-18(16(14)6-1)12-3-13-19-15-7-9-17-10-8-15/h14-17H,1-13H2. The van der Waals surface area contributed by atoms with Crippen LogP contribution in [0.1, 0.15) is 51.4 Å². The summed E-state index contributed by atoms with van der Waals surface area (Å²) in [4.78, 5) is 2.77. The Hall–Kier alpha value is -0.120. The molecule has 2 unspecified atom stereocenters. The molecule has 1 N–H and O–H groups in total. The van der Waals surface area contributed by atoms with Gasteiger partial charge in [0.1, 0.15) is 0 Å². The normalized spacial score (nSPS) is 33.5. The molecule has 3 fully saturated rings. The highest BCUT2D eigenvalue weighted by Gasteiger charge is 2.34. The van der Waals surface area contributed by atoms with Gasteiger partial charge in [0.05, 0.1) is 6.10 Å². The molecule has 3 rings (SSSR count). The molecule has 2 aliphatic heterocycles. The zero-order chi connectivity index (χ0) is 12.9. The van der Waals surface area contributed by atoms with Gasteiger partial charge in [-0.15, -0.1) is 0 Å². The number of rotatable bonds is 5. The number of ether oxygens (including phenoxy) is 1. The van der Waals surface area contributed by atoms with Crippen molar-refractivity contribution < 1.29 is 4.74 Å². The van der Waals surface area contributed by atoms with Crippen molar-refractivity contribution in [1.29, 1.82) is 0 Å². The van der Waals surface area contributed by atoms with Crippen LogP contribution in [0, 0.1) is 5.92 Å². The fraction of sp³-hybridized carbons (Fsp3) is 1.00. The van der Waals surface area contributed by atoms with E-state index >= 15 is 0 Å². The number of likely N-dealkylation sites (tertiary alicyclic amines) is 1. The van der Waals surface area contributed by atoms with E-state index in [9.17, 15) is 0 Å². The Morgan fingerprint density at radius 2 is 1.84 bits per heavy atom. The molecule has 0 amide bonds. The molecule has 3 aliphatic rings. The summed E-state index contributed by atoms with van der Waals surface area (Å²) in [6.45, 7) is 5.86. The van der Waals surface area contributed by atoms with Crippen molar-refractivity contribution in [3.8, 4) is 0 Å². The van der Waals surface area contributed by atoms with Gasteiger partial charge < -0.3 is 15.0 Å². The number of piperidine rings is 2. The van der Waals surface area contributed by atoms with E-state index in [1.165, 1.54) is 64.5 Å². The predicted octanol–water partition coefficient (Wildman–Crippen LogP) is 2.41. The number of hydrogen-bond acceptors (Lipinski definition) is 3. The Balaban J connectivity index is 1.33. The van der Waals surface area contributed by atoms with Crippen molar-refractivity contribution in [3.05, 3.63) is 0 Å². The average molecular weight is 266 g/mol. The van der Waals surface area contributed by atoms with E-state index in [4.69, 9.17) is 4.74 Å². The SMILES string of the molecule is C1CC2CCCN(CCCOC3CCNCC3)C2C1. The van der Waals surface area contributed by atoms with E-state index in [2.05, 4.69) is 10.2 Å². The highest BCUT2D eigenvalue weighted by molar-refractivity contribution is 4.88. The first-order valence-corrected chi connectivity index (χ1v) is 8.50. The fourth-order valence-electron chi connectivity index (χ4n) is 4.31. The second-order valence-electron chi connectivity index (χ2n) is 6.61. The fourth-order valence-corrected chi connectivity index (χ4v) is 4.31. The zero-order valence-corrected chi connectivity index (χ0v) is 12.3. The van der Waals surface area contributed by atoms with Gasteiger partial charge >= 0.3 is 0 Å². The molecule has 110 valence electrons. The maximum Gasteiger partial charge on any atom is 0.0599 e. The molecule has 2 atom stereocenters. The largest absolute Gasteiger partial charge is 0.378 e. The minimum absolute atomic E-state index is 0.529. The molecule has 0 bridgehead atoms. The number of fused-ring (bicyclic) bond motifs is 1. The third-order valence-corrected chi connectivity index (χ3v) is 5.34. The minimum Gasteiger partial charge on any atom is -0.378 e. The molecule has 1 aliphatic carbocycles. The molecule has 2 heterocycles. The summed E-state index contributed by atoms with van der Waals surface area (Å²) in [7, 11) is 0. The van der Waals surface area contributed by atoms with E-state index < -0.39 is 0 Å². The molecule has 2 saturated heterocycles. The van der Waals surface area contributed by atoms with Gasteiger partial charge in [-0.2, -0.15) is 0 Å². The van der Waals surface area contributed by atoms with Crippen LogP contribution >= 0.6 is 0 Å². The van der Waals surface area contributed by atoms with Crippen LogP contribution in [-0.2, 0) is 4.74 Å². The summed E-state index contributed by atoms with van der Waals surface area (Å²) in [6, 6.07) is 0.924. The van der Waals surface area contributed by atoms with Gasteiger partial charge in [0.15, 0.2) is 0 Å². The van der Waals surface area contributed by atoms with E-state index in [1.807, 2.05) is 0 Å². The van der Waals surface area contributed by atoms with Crippen molar-refractivity contribution in [3.63, 3.8) is 0 Å². The molecular weight excluding hydrogens is 236 g/mol. The minimum atomic E-state index is 0.529. The van der Waals surface area contributed by atoms with E-state index in [0.717, 1.165) is 31.7 Å². The molecule has 1 saturated carbocycles. The quantitative estimate of drug-likeness (QED) is 0.773. The summed E-state index contributed by atoms with van der Waals surface area (Å²) >= 11 is 0. The molecule has 0 aromatic carbocycles. The molecule has 0 aromatic rings. The van der Waals surface area contributed by atoms with E-state index in [0.29, 0.717) is 6.10 Å². The van der Waals surface area contributed by atoms with Gasteiger partial charge in [-0.3, -0.25) is 0 Å². The lowest BCUT2D eigenvalue weighted by molar-refractivity contribution is 0.0218. The van der Waals surface area contributed by atoms with Crippen LogP contribution in [0.25, 0.3) is 0 Å². The highest BCUT2D eigenvalue weighted by atomic mass is 16.5. The van der Waals surface area contributed by atoms with Crippen LogP contribution in [0.2, 0.25) is 0 Å². The van der Waals surface area contributed by atoms with Gasteiger partial charge in [0, 0.05) is 19.2 Å². The average Bonchev–Trinajstić information content (AvgIpc) is 2.94. The summed E-state index contributed by atoms with van der Waals surface area (Å²) < 4.78 is 6.02. The van der Waals surface area contributed by atoms with Crippen molar-refractivity contribution in [1.82, 2.24) is 10.2 Å². The van der Waals surface area contributed by atoms with Crippen molar-refractivity contribution in [2.24, 2.45) is 5.92 Å². The zero-order valence-electron chi connectivity index (χ0n) is 12.3. The molecular formula is C16H30N2O. The Morgan fingerprint density at radius 3 is 2.74 bits per heavy atom. The Kier molecular flexibility index (Phi) is 5.14. The van der Waals surface area contributed by atoms with Crippen molar-refractivity contribution in [2.45, 2.75) is 63.5 Å². The van der Waals surface area contributed by atoms with Crippen molar-refractivity contribution >= 4 is 0 Å². The first-order chi connectivity index (χ1) is 9.43. The Morgan fingerprint density at radius 1 is 1.00 bits per heavy atom. The van der Waals surface area contributed by atoms with Crippen LogP contribution in [0.15, 0.2) is 0 Å². The van der Waals surface area contributed by atoms with Crippen LogP contribution in [0.4, 0.5) is 0 Å². The Labute approximate surface area is 118 Å². The second-order valence-corrected chi connectivity index (χ2v) is 6.61. The van der Waals surface area contributed by atoms with Crippen LogP contribution in [0.3, 0.4) is 0 Å². The van der Waals surface area contributed by atoms with Gasteiger partial charge in [-0.05, 0) is 70.5 Å². The van der Waals surface area contributed by atoms with Gasteiger partial charge in [-0.1, -0.05) is 6.42 Å². The molecule has 3 heteroatoms. The summed E-state index contributed by atoms with van der Waals surface area (Å²) in [5, 5.41) is 3.39. The first kappa shape index (κ1) is 13.8. The van der Waals surface area contributed by atoms with Gasteiger partial charge in [0.2, 0.25) is 0 Å². The molecule has 0 spiro atoms. The maximum atomic E-state index is 6.02. The predicted molar refractivity (Wildman–Crippen MR) is 78.4 cm³/mol. The lowest BCUT2D eigenvalue weighted by Crippen LogP contribution is -2.43. The summed E-state index contributed by atoms with van der Waals surface area (Å²) in [5.74, 6) is 1.03. The summed E-state index contributed by atoms with van der Waals surface area (Å²) in [6.07, 6.45) is 11.5. The maximum absolute atomic E-state index is 6.02. The third-order valence-electron chi connectivity index (χ3n) is 5.34. The number of nitrogens with zero attached hydrogens (tertiary/aromatic N) is 1. The Bertz CT molecular complexity index is 265. The van der Waals surface area contributed by atoms with Crippen molar-refractivity contribution in [2.75, 3.05) is 32.8 Å². The summed E-state index contributed by atoms with van der Waals surface area (Å²) in [5.41, 5.74) is 0. The lowest BCUT2D eigenvalue weighted by atomic mass is 9.92. The smallest absolute Gasteiger partial charge is 0.0599 e. The van der Waals surface area contributed by atoms with Crippen LogP contribution in [-0.4, -0.2) is 49.8 Å². The first-order valence-electron chi connectivity index (χ1n) is 8.50. The topological polar surface area (TPSA) is 24.5 Å². The number of hydrogen-bond donors (Lipinski definition) is 1. The number of nitrogens with one attached hydrogen (secondary N) is 1. The third kappa shape index (κ3) is 3.71. The van der Waals surface area contributed by atoms with Gasteiger partial charge in [0.25, 0.3) is 0 Å². The van der Waals surface area contributed by atoms with E-state index in [1.54, 1.807) is 0 Å². The van der Waals surface area contributed by atoms with Crippen LogP contribution < -0.4 is 5.32 Å². The molecule has 19 heavy (non-hydrogen) atoms. The highest BCUT2D eigenvalue weighted by Crippen LogP contribution is 2.36. The lowest BCUT2D eigenvalue weighted by Gasteiger charge is -2.37. The van der Waals surface area contributed by atoms with E-state index in [-0.39, 0.29) is 0 Å². The monoisotopic (exact) mass is 266 g/mol. The van der Waals surface area contributed by atoms with Crippen LogP contribution in [0.5, 0.6) is 0 Å².